The monoisotopic (exact) mass is 885 g/mol. The lowest BCUT2D eigenvalue weighted by Gasteiger charge is -2.41. The van der Waals surface area contributed by atoms with E-state index in [-0.39, 0.29) is 10.8 Å². The van der Waals surface area contributed by atoms with Crippen LogP contribution in [0.25, 0.3) is 0 Å². The lowest BCUT2D eigenvalue weighted by Crippen LogP contribution is -2.49. The summed E-state index contributed by atoms with van der Waals surface area (Å²) in [5, 5.41) is 21.1. The molecule has 0 saturated carbocycles. The highest BCUT2D eigenvalue weighted by Crippen LogP contribution is 2.68. The molecular weight excluding hydrogens is 817 g/mol. The molecule has 4 saturated heterocycles. The fourth-order valence-corrected chi connectivity index (χ4v) is 13.5. The molecule has 4 fully saturated rings. The van der Waals surface area contributed by atoms with Gasteiger partial charge in [-0.3, -0.25) is 19.6 Å². The Labute approximate surface area is 386 Å². The van der Waals surface area contributed by atoms with Crippen LogP contribution in [-0.4, -0.2) is 125 Å². The Kier molecular flexibility index (Phi) is 11.6. The summed E-state index contributed by atoms with van der Waals surface area (Å²) in [6.45, 7) is 26.1. The van der Waals surface area contributed by atoms with Gasteiger partial charge >= 0.3 is 0 Å². The highest BCUT2D eigenvalue weighted by molar-refractivity contribution is 5.75. The van der Waals surface area contributed by atoms with E-state index in [1.54, 1.807) is 14.2 Å². The van der Waals surface area contributed by atoms with Gasteiger partial charge in [0.1, 0.15) is 23.3 Å². The second-order valence-electron chi connectivity index (χ2n) is 21.2. The van der Waals surface area contributed by atoms with Crippen molar-refractivity contribution >= 4 is 0 Å². The predicted molar refractivity (Wildman–Crippen MR) is 249 cm³/mol. The number of rotatable bonds is 8. The Balaban J connectivity index is 1.13. The molecule has 1 atom stereocenters. The first-order chi connectivity index (χ1) is 31.3. The first kappa shape index (κ1) is 44.4. The number of methoxy groups -OCH3 is 2. The van der Waals surface area contributed by atoms with E-state index in [1.165, 1.54) is 27.8 Å². The van der Waals surface area contributed by atoms with Gasteiger partial charge in [-0.15, -0.1) is 0 Å². The van der Waals surface area contributed by atoms with Crippen LogP contribution in [0.5, 0.6) is 34.5 Å². The molecule has 0 bridgehead atoms. The maximum absolute atomic E-state index is 10.6. The third-order valence-electron chi connectivity index (χ3n) is 16.6. The molecule has 65 heavy (non-hydrogen) atoms. The first-order valence-electron chi connectivity index (χ1n) is 24.2. The third kappa shape index (κ3) is 7.39. The minimum atomic E-state index is -0.391. The smallest absolute Gasteiger partial charge is 0.189 e. The summed E-state index contributed by atoms with van der Waals surface area (Å²) in [5.74, 6) is 3.60. The SMILES string of the molecule is COc1cc2c(c(CN3CCC(N4CCOCC4)CC3)c1OC)C1(CC2(C)C)CC(C)(C)c2cc3c(c(CN4CCC(N5CCOCC5)CC4)c21)Oc1c(C#N)c(C)c(C)c(C#N)c1O3. The van der Waals surface area contributed by atoms with Crippen molar-refractivity contribution in [1.29, 1.82) is 10.5 Å². The average molecular weight is 885 g/mol. The maximum Gasteiger partial charge on any atom is 0.189 e. The van der Waals surface area contributed by atoms with E-state index < -0.39 is 5.41 Å². The van der Waals surface area contributed by atoms with E-state index in [4.69, 9.17) is 28.4 Å². The lowest BCUT2D eigenvalue weighted by molar-refractivity contribution is 0.000118. The van der Waals surface area contributed by atoms with Gasteiger partial charge in [0.05, 0.1) is 40.6 Å². The second kappa shape index (κ2) is 17.0. The Hall–Kier alpha value is -4.40. The molecule has 0 amide bonds. The molecule has 346 valence electrons. The van der Waals surface area contributed by atoms with Crippen LogP contribution in [0.2, 0.25) is 0 Å². The van der Waals surface area contributed by atoms with Gasteiger partial charge < -0.3 is 28.4 Å². The van der Waals surface area contributed by atoms with Crippen molar-refractivity contribution in [2.24, 2.45) is 0 Å². The quantitative estimate of drug-likeness (QED) is 0.170. The number of likely N-dealkylation sites (tertiary alicyclic amines) is 2. The van der Waals surface area contributed by atoms with E-state index in [0.29, 0.717) is 52.8 Å². The summed E-state index contributed by atoms with van der Waals surface area (Å²) in [6.07, 6.45) is 6.27. The zero-order chi connectivity index (χ0) is 45.4. The fourth-order valence-electron chi connectivity index (χ4n) is 13.5. The summed E-state index contributed by atoms with van der Waals surface area (Å²) in [6, 6.07) is 10.5. The molecule has 3 aromatic rings. The summed E-state index contributed by atoms with van der Waals surface area (Å²) >= 11 is 0. The largest absolute Gasteiger partial charge is 0.493 e. The number of morpholine rings is 2. The van der Waals surface area contributed by atoms with Gasteiger partial charge in [-0.2, -0.15) is 10.5 Å². The number of benzene rings is 3. The number of fused-ring (bicyclic) bond motifs is 6. The van der Waals surface area contributed by atoms with Crippen LogP contribution in [0.4, 0.5) is 0 Å². The topological polar surface area (TPSA) is 116 Å². The van der Waals surface area contributed by atoms with Gasteiger partial charge in [-0.05, 0) is 135 Å². The van der Waals surface area contributed by atoms with Crippen LogP contribution in [0.3, 0.4) is 0 Å². The zero-order valence-electron chi connectivity index (χ0n) is 40.1. The summed E-state index contributed by atoms with van der Waals surface area (Å²) in [5.41, 5.74) is 9.15. The van der Waals surface area contributed by atoms with E-state index in [0.717, 1.165) is 152 Å². The van der Waals surface area contributed by atoms with Gasteiger partial charge in [0.15, 0.2) is 34.5 Å². The molecule has 5 heterocycles. The van der Waals surface area contributed by atoms with Crippen molar-refractivity contribution in [1.82, 2.24) is 19.6 Å². The molecule has 2 aliphatic carbocycles. The van der Waals surface area contributed by atoms with Gasteiger partial charge in [-0.1, -0.05) is 27.7 Å². The number of hydrogen-bond donors (Lipinski definition) is 0. The van der Waals surface area contributed by atoms with E-state index in [9.17, 15) is 10.5 Å². The number of nitriles is 2. The molecule has 7 aliphatic rings. The van der Waals surface area contributed by atoms with Crippen molar-refractivity contribution in [3.8, 4) is 46.6 Å². The van der Waals surface area contributed by atoms with Crippen LogP contribution < -0.4 is 18.9 Å². The molecule has 0 radical (unpaired) electrons. The Morgan fingerprint density at radius 1 is 0.615 bits per heavy atom. The molecule has 0 N–H and O–H groups in total. The minimum absolute atomic E-state index is 0.192. The fraction of sp³-hybridized carbons (Fsp3) is 0.623. The minimum Gasteiger partial charge on any atom is -0.493 e. The van der Waals surface area contributed by atoms with Crippen LogP contribution in [0, 0.1) is 36.5 Å². The highest BCUT2D eigenvalue weighted by atomic mass is 16.6. The van der Waals surface area contributed by atoms with Crippen molar-refractivity contribution in [2.75, 3.05) is 93.0 Å². The van der Waals surface area contributed by atoms with Crippen molar-refractivity contribution < 1.29 is 28.4 Å². The Morgan fingerprint density at radius 2 is 1.08 bits per heavy atom. The standard InChI is InChI=1S/C53H68N6O6/c1-33-34(2)38(28-55)50-49(37(33)27-54)64-44-26-42-46(40(48(44)65-50)30-57-15-11-36(12-16-57)59-19-23-63-24-20-59)53(32-52(42,5)6)31-51(3,4)41-25-43(60-7)47(61-8)39(45(41)53)29-56-13-9-35(10-14-56)58-17-21-62-22-18-58/h25-26,35-36H,9-24,29-32H2,1-8H3. The molecule has 1 unspecified atom stereocenters. The molecule has 3 aromatic carbocycles. The van der Waals surface area contributed by atoms with Crippen LogP contribution in [0.1, 0.15) is 122 Å². The molecule has 12 heteroatoms. The van der Waals surface area contributed by atoms with E-state index >= 15 is 0 Å². The van der Waals surface area contributed by atoms with Crippen molar-refractivity contribution in [3.63, 3.8) is 0 Å². The lowest BCUT2D eigenvalue weighted by atomic mass is 9.70. The summed E-state index contributed by atoms with van der Waals surface area (Å²) in [7, 11) is 3.57. The van der Waals surface area contributed by atoms with Crippen molar-refractivity contribution in [3.05, 3.63) is 67.8 Å². The molecule has 0 aromatic heterocycles. The molecule has 10 rings (SSSR count). The van der Waals surface area contributed by atoms with E-state index in [1.807, 2.05) is 13.8 Å². The third-order valence-corrected chi connectivity index (χ3v) is 16.6. The Bertz CT molecular complexity index is 2440. The van der Waals surface area contributed by atoms with Gasteiger partial charge in [-0.25, -0.2) is 0 Å². The average Bonchev–Trinajstić information content (AvgIpc) is 3.68. The highest BCUT2D eigenvalue weighted by Gasteiger charge is 2.60. The predicted octanol–water partition coefficient (Wildman–Crippen LogP) is 8.20. The van der Waals surface area contributed by atoms with Gasteiger partial charge in [0.25, 0.3) is 0 Å². The van der Waals surface area contributed by atoms with Crippen LogP contribution in [0.15, 0.2) is 12.1 Å². The van der Waals surface area contributed by atoms with Crippen molar-refractivity contribution in [2.45, 2.75) is 121 Å². The first-order valence-corrected chi connectivity index (χ1v) is 24.2. The van der Waals surface area contributed by atoms with Gasteiger partial charge in [0, 0.05) is 67.9 Å². The van der Waals surface area contributed by atoms with Crippen LogP contribution in [-0.2, 0) is 38.8 Å². The second-order valence-corrected chi connectivity index (χ2v) is 21.2. The number of hydrogen-bond acceptors (Lipinski definition) is 12. The molecular formula is C53H68N6O6. The van der Waals surface area contributed by atoms with E-state index in [2.05, 4.69) is 71.6 Å². The number of piperidine rings is 2. The number of nitrogens with zero attached hydrogens (tertiary/aromatic N) is 6. The maximum atomic E-state index is 10.6. The molecule has 5 aliphatic heterocycles. The molecule has 1 spiro atoms. The summed E-state index contributed by atoms with van der Waals surface area (Å²) < 4.78 is 38.3. The zero-order valence-corrected chi connectivity index (χ0v) is 40.1. The Morgan fingerprint density at radius 3 is 1.55 bits per heavy atom. The number of ether oxygens (including phenoxy) is 6. The van der Waals surface area contributed by atoms with Crippen LogP contribution >= 0.6 is 0 Å². The molecule has 12 nitrogen and oxygen atoms in total. The van der Waals surface area contributed by atoms with Gasteiger partial charge in [0.2, 0.25) is 0 Å². The normalized spacial score (nSPS) is 24.6. The summed E-state index contributed by atoms with van der Waals surface area (Å²) in [4.78, 5) is 10.5.